The van der Waals surface area contributed by atoms with E-state index in [4.69, 9.17) is 4.74 Å². The highest BCUT2D eigenvalue weighted by molar-refractivity contribution is 5.75. The zero-order valence-electron chi connectivity index (χ0n) is 13.9. The van der Waals surface area contributed by atoms with E-state index in [1.165, 1.54) is 22.4 Å². The van der Waals surface area contributed by atoms with Crippen LogP contribution in [0.15, 0.2) is 18.2 Å². The lowest BCUT2D eigenvalue weighted by Gasteiger charge is -2.30. The molecule has 4 nitrogen and oxygen atoms in total. The zero-order valence-corrected chi connectivity index (χ0v) is 13.9. The summed E-state index contributed by atoms with van der Waals surface area (Å²) in [6, 6.07) is 5.44. The number of likely N-dealkylation sites (N-methyl/N-ethyl adjacent to an activating group) is 1. The monoisotopic (exact) mass is 303 g/mol. The molecule has 4 heteroatoms. The number of nitrogens with zero attached hydrogens (tertiary/aromatic N) is 1. The van der Waals surface area contributed by atoms with Gasteiger partial charge in [0.25, 0.3) is 0 Å². The molecule has 1 aromatic carbocycles. The fraction of sp³-hybridized carbons (Fsp3) is 0.556. The van der Waals surface area contributed by atoms with Gasteiger partial charge in [-0.1, -0.05) is 18.2 Å². The van der Waals surface area contributed by atoms with E-state index in [-0.39, 0.29) is 0 Å². The smallest absolute Gasteiger partial charge is 0.410 e. The maximum Gasteiger partial charge on any atom is 0.410 e. The summed E-state index contributed by atoms with van der Waals surface area (Å²) in [4.78, 5) is 25.3. The molecule has 1 aliphatic carbocycles. The van der Waals surface area contributed by atoms with Gasteiger partial charge in [0.1, 0.15) is 17.9 Å². The van der Waals surface area contributed by atoms with Crippen molar-refractivity contribution in [1.29, 1.82) is 0 Å². The Kier molecular flexibility index (Phi) is 4.89. The molecule has 2 rings (SSSR count). The van der Waals surface area contributed by atoms with Crippen molar-refractivity contribution >= 4 is 12.4 Å². The van der Waals surface area contributed by atoms with Crippen LogP contribution in [-0.4, -0.2) is 29.9 Å². The molecule has 120 valence electrons. The Balaban J connectivity index is 2.28. The third-order valence-corrected chi connectivity index (χ3v) is 3.98. The molecular weight excluding hydrogens is 278 g/mol. The molecule has 0 spiro atoms. The summed E-state index contributed by atoms with van der Waals surface area (Å²) in [5, 5.41) is 0. The summed E-state index contributed by atoms with van der Waals surface area (Å²) < 4.78 is 5.38. The number of hydrogen-bond donors (Lipinski definition) is 0. The first-order valence-corrected chi connectivity index (χ1v) is 7.85. The summed E-state index contributed by atoms with van der Waals surface area (Å²) in [6.07, 6.45) is 4.69. The Labute approximate surface area is 132 Å². The quantitative estimate of drug-likeness (QED) is 0.800. The third kappa shape index (κ3) is 3.67. The number of fused-ring (bicyclic) bond motifs is 1. The molecule has 0 bridgehead atoms. The second-order valence-corrected chi connectivity index (χ2v) is 6.86. The Morgan fingerprint density at radius 2 is 1.95 bits per heavy atom. The number of rotatable bonds is 3. The molecule has 1 aromatic rings. The van der Waals surface area contributed by atoms with E-state index < -0.39 is 17.7 Å². The lowest BCUT2D eigenvalue weighted by molar-refractivity contribution is -0.112. The van der Waals surface area contributed by atoms with Crippen LogP contribution in [0.1, 0.15) is 56.3 Å². The second kappa shape index (κ2) is 6.51. The molecule has 0 fully saturated rings. The summed E-state index contributed by atoms with van der Waals surface area (Å²) in [6.45, 7) is 5.46. The molecule has 0 aromatic heterocycles. The highest BCUT2D eigenvalue weighted by Crippen LogP contribution is 2.30. The van der Waals surface area contributed by atoms with Crippen molar-refractivity contribution in [1.82, 2.24) is 4.90 Å². The summed E-state index contributed by atoms with van der Waals surface area (Å²) >= 11 is 0. The molecule has 1 amide bonds. The minimum absolute atomic E-state index is 0.474. The van der Waals surface area contributed by atoms with Crippen LogP contribution in [0.5, 0.6) is 0 Å². The SMILES string of the molecule is CN(C(=O)OC(C)(C)C)C(C=O)c1cccc2c1CCCC2. The van der Waals surface area contributed by atoms with Gasteiger partial charge in [-0.15, -0.1) is 0 Å². The van der Waals surface area contributed by atoms with Gasteiger partial charge in [0, 0.05) is 7.05 Å². The largest absolute Gasteiger partial charge is 0.444 e. The Morgan fingerprint density at radius 3 is 2.59 bits per heavy atom. The van der Waals surface area contributed by atoms with Crippen molar-refractivity contribution in [2.24, 2.45) is 0 Å². The van der Waals surface area contributed by atoms with Crippen LogP contribution < -0.4 is 0 Å². The fourth-order valence-electron chi connectivity index (χ4n) is 2.91. The average Bonchev–Trinajstić information content (AvgIpc) is 2.46. The van der Waals surface area contributed by atoms with Gasteiger partial charge in [0.2, 0.25) is 0 Å². The van der Waals surface area contributed by atoms with Gasteiger partial charge in [-0.3, -0.25) is 4.90 Å². The zero-order chi connectivity index (χ0) is 16.3. The van der Waals surface area contributed by atoms with E-state index in [0.717, 1.165) is 31.1 Å². The third-order valence-electron chi connectivity index (χ3n) is 3.98. The Morgan fingerprint density at radius 1 is 1.27 bits per heavy atom. The van der Waals surface area contributed by atoms with Gasteiger partial charge in [0.05, 0.1) is 0 Å². The average molecular weight is 303 g/mol. The van der Waals surface area contributed by atoms with Crippen molar-refractivity contribution in [3.63, 3.8) is 0 Å². The minimum Gasteiger partial charge on any atom is -0.444 e. The van der Waals surface area contributed by atoms with Crippen LogP contribution >= 0.6 is 0 Å². The van der Waals surface area contributed by atoms with Crippen LogP contribution in [0.4, 0.5) is 4.79 Å². The molecule has 1 unspecified atom stereocenters. The van der Waals surface area contributed by atoms with E-state index in [1.807, 2.05) is 32.9 Å². The molecule has 0 saturated carbocycles. The van der Waals surface area contributed by atoms with Crippen LogP contribution in [0, 0.1) is 0 Å². The molecule has 0 saturated heterocycles. The van der Waals surface area contributed by atoms with Gasteiger partial charge < -0.3 is 9.53 Å². The molecule has 1 aliphatic rings. The number of aryl methyl sites for hydroxylation is 1. The van der Waals surface area contributed by atoms with Crippen molar-refractivity contribution < 1.29 is 14.3 Å². The number of aldehydes is 1. The van der Waals surface area contributed by atoms with Crippen LogP contribution in [0.3, 0.4) is 0 Å². The van der Waals surface area contributed by atoms with Gasteiger partial charge in [-0.05, 0) is 63.1 Å². The Bertz CT molecular complexity index is 560. The van der Waals surface area contributed by atoms with Crippen molar-refractivity contribution in [3.05, 3.63) is 34.9 Å². The summed E-state index contributed by atoms with van der Waals surface area (Å²) in [5.41, 5.74) is 2.88. The molecule has 1 atom stereocenters. The summed E-state index contributed by atoms with van der Waals surface area (Å²) in [7, 11) is 1.62. The first-order valence-electron chi connectivity index (χ1n) is 7.85. The predicted molar refractivity (Wildman–Crippen MR) is 85.9 cm³/mol. The number of amides is 1. The number of carbonyl (C=O) groups is 2. The highest BCUT2D eigenvalue weighted by atomic mass is 16.6. The van der Waals surface area contributed by atoms with Gasteiger partial charge in [0.15, 0.2) is 0 Å². The van der Waals surface area contributed by atoms with Gasteiger partial charge >= 0.3 is 6.09 Å². The van der Waals surface area contributed by atoms with E-state index in [1.54, 1.807) is 7.05 Å². The van der Waals surface area contributed by atoms with E-state index in [2.05, 4.69) is 6.07 Å². The highest BCUT2D eigenvalue weighted by Gasteiger charge is 2.28. The second-order valence-electron chi connectivity index (χ2n) is 6.86. The topological polar surface area (TPSA) is 46.6 Å². The lowest BCUT2D eigenvalue weighted by atomic mass is 9.86. The molecular formula is C18H25NO3. The molecule has 0 N–H and O–H groups in total. The lowest BCUT2D eigenvalue weighted by Crippen LogP contribution is -2.37. The molecule has 0 heterocycles. The van der Waals surface area contributed by atoms with Crippen molar-refractivity contribution in [2.45, 2.75) is 58.1 Å². The van der Waals surface area contributed by atoms with Crippen LogP contribution in [-0.2, 0) is 22.4 Å². The van der Waals surface area contributed by atoms with Crippen LogP contribution in [0.25, 0.3) is 0 Å². The first kappa shape index (κ1) is 16.5. The predicted octanol–water partition coefficient (Wildman–Crippen LogP) is 3.67. The van der Waals surface area contributed by atoms with Crippen LogP contribution in [0.2, 0.25) is 0 Å². The van der Waals surface area contributed by atoms with Gasteiger partial charge in [-0.2, -0.15) is 0 Å². The minimum atomic E-state index is -0.595. The Hall–Kier alpha value is -1.84. The first-order chi connectivity index (χ1) is 10.3. The van der Waals surface area contributed by atoms with Crippen molar-refractivity contribution in [2.75, 3.05) is 7.05 Å². The standard InChI is InChI=1S/C18H25NO3/c1-18(2,3)22-17(21)19(4)16(12-20)15-11-7-9-13-8-5-6-10-14(13)15/h7,9,11-12,16H,5-6,8,10H2,1-4H3. The number of carbonyl (C=O) groups excluding carboxylic acids is 2. The molecule has 22 heavy (non-hydrogen) atoms. The van der Waals surface area contributed by atoms with E-state index in [9.17, 15) is 9.59 Å². The maximum absolute atomic E-state index is 12.2. The number of hydrogen-bond acceptors (Lipinski definition) is 3. The fourth-order valence-corrected chi connectivity index (χ4v) is 2.91. The number of ether oxygens (including phenoxy) is 1. The summed E-state index contributed by atoms with van der Waals surface area (Å²) in [5.74, 6) is 0. The molecule has 0 radical (unpaired) electrons. The normalized spacial score (nSPS) is 15.6. The number of benzene rings is 1. The van der Waals surface area contributed by atoms with E-state index in [0.29, 0.717) is 0 Å². The van der Waals surface area contributed by atoms with E-state index >= 15 is 0 Å². The van der Waals surface area contributed by atoms with Crippen molar-refractivity contribution in [3.8, 4) is 0 Å². The maximum atomic E-state index is 12.2. The van der Waals surface area contributed by atoms with Gasteiger partial charge in [-0.25, -0.2) is 4.79 Å². The molecule has 0 aliphatic heterocycles.